The van der Waals surface area contributed by atoms with Crippen molar-refractivity contribution in [1.82, 2.24) is 14.8 Å². The van der Waals surface area contributed by atoms with Gasteiger partial charge in [0.1, 0.15) is 12.3 Å². The number of piperidine rings is 1. The summed E-state index contributed by atoms with van der Waals surface area (Å²) in [6, 6.07) is 15.1. The zero-order valence-corrected chi connectivity index (χ0v) is 21.0. The fourth-order valence-corrected chi connectivity index (χ4v) is 7.14. The molecule has 6 rings (SSSR count). The SMILES string of the molecule is CC(=O)N(CC(=O)O)[C@H]1C[C@H]2CC[C@@H](C1)N2CC1CNc2cc(Oc3nc4ccccc4s3)ccc21. The third-order valence-corrected chi connectivity index (χ3v) is 8.84. The van der Waals surface area contributed by atoms with E-state index in [2.05, 4.69) is 33.4 Å². The largest absolute Gasteiger partial charge is 0.480 e. The summed E-state index contributed by atoms with van der Waals surface area (Å²) in [5.74, 6) is 0.0804. The van der Waals surface area contributed by atoms with Crippen molar-refractivity contribution in [2.24, 2.45) is 0 Å². The molecule has 36 heavy (non-hydrogen) atoms. The Bertz CT molecular complexity index is 1260. The molecule has 3 aliphatic heterocycles. The first-order valence-corrected chi connectivity index (χ1v) is 13.4. The minimum Gasteiger partial charge on any atom is -0.480 e. The van der Waals surface area contributed by atoms with Crippen LogP contribution in [0.5, 0.6) is 10.9 Å². The number of hydrogen-bond acceptors (Lipinski definition) is 7. The first-order chi connectivity index (χ1) is 17.4. The number of carbonyl (C=O) groups excluding carboxylic acids is 1. The van der Waals surface area contributed by atoms with Gasteiger partial charge in [0.15, 0.2) is 0 Å². The van der Waals surface area contributed by atoms with Gasteiger partial charge in [0.25, 0.3) is 5.19 Å². The van der Waals surface area contributed by atoms with Gasteiger partial charge in [-0.05, 0) is 49.4 Å². The summed E-state index contributed by atoms with van der Waals surface area (Å²) in [6.45, 7) is 3.13. The highest BCUT2D eigenvalue weighted by atomic mass is 32.1. The molecule has 0 spiro atoms. The molecule has 0 saturated carbocycles. The fraction of sp³-hybridized carbons (Fsp3) is 0.444. The Morgan fingerprint density at radius 2 is 1.97 bits per heavy atom. The Balaban J connectivity index is 1.12. The highest BCUT2D eigenvalue weighted by Gasteiger charge is 2.44. The third kappa shape index (κ3) is 4.41. The Kier molecular flexibility index (Phi) is 6.05. The number of benzene rings is 2. The van der Waals surface area contributed by atoms with Gasteiger partial charge in [-0.2, -0.15) is 0 Å². The minimum absolute atomic E-state index is 0.0172. The van der Waals surface area contributed by atoms with E-state index in [-0.39, 0.29) is 18.5 Å². The van der Waals surface area contributed by atoms with Crippen LogP contribution in [0.1, 0.15) is 44.1 Å². The van der Waals surface area contributed by atoms with Gasteiger partial charge in [-0.25, -0.2) is 4.98 Å². The monoisotopic (exact) mass is 506 g/mol. The second-order valence-corrected chi connectivity index (χ2v) is 11.1. The minimum atomic E-state index is -0.944. The average molecular weight is 507 g/mol. The van der Waals surface area contributed by atoms with Gasteiger partial charge in [-0.15, -0.1) is 0 Å². The van der Waals surface area contributed by atoms with Crippen molar-refractivity contribution in [3.63, 3.8) is 0 Å². The number of carbonyl (C=O) groups is 2. The Morgan fingerprint density at radius 3 is 2.69 bits per heavy atom. The van der Waals surface area contributed by atoms with Crippen molar-refractivity contribution in [3.05, 3.63) is 48.0 Å². The molecule has 4 atom stereocenters. The number of aliphatic carboxylic acids is 1. The van der Waals surface area contributed by atoms with E-state index < -0.39 is 5.97 Å². The number of anilines is 1. The number of rotatable bonds is 7. The number of aromatic nitrogens is 1. The highest BCUT2D eigenvalue weighted by molar-refractivity contribution is 7.20. The molecule has 2 saturated heterocycles. The summed E-state index contributed by atoms with van der Waals surface area (Å²) in [5.41, 5.74) is 3.37. The third-order valence-electron chi connectivity index (χ3n) is 7.92. The summed E-state index contributed by atoms with van der Waals surface area (Å²) in [4.78, 5) is 32.2. The molecule has 4 heterocycles. The maximum atomic E-state index is 12.1. The van der Waals surface area contributed by atoms with Gasteiger partial charge in [-0.1, -0.05) is 29.5 Å². The van der Waals surface area contributed by atoms with Crippen molar-refractivity contribution in [1.29, 1.82) is 0 Å². The smallest absolute Gasteiger partial charge is 0.323 e. The van der Waals surface area contributed by atoms with Crippen LogP contribution in [0.3, 0.4) is 0 Å². The maximum absolute atomic E-state index is 12.1. The summed E-state index contributed by atoms with van der Waals surface area (Å²) in [7, 11) is 0. The summed E-state index contributed by atoms with van der Waals surface area (Å²) < 4.78 is 7.19. The molecule has 0 aliphatic carbocycles. The van der Waals surface area contributed by atoms with E-state index in [0.29, 0.717) is 23.2 Å². The zero-order valence-electron chi connectivity index (χ0n) is 20.2. The van der Waals surface area contributed by atoms with Gasteiger partial charge in [0, 0.05) is 55.8 Å². The molecule has 3 aliphatic rings. The van der Waals surface area contributed by atoms with Crippen molar-refractivity contribution < 1.29 is 19.4 Å². The molecule has 1 amide bonds. The Labute approximate surface area is 213 Å². The second-order valence-electron chi connectivity index (χ2n) is 10.1. The van der Waals surface area contributed by atoms with Gasteiger partial charge in [0.05, 0.1) is 10.2 Å². The van der Waals surface area contributed by atoms with E-state index >= 15 is 0 Å². The molecule has 3 aromatic rings. The lowest BCUT2D eigenvalue weighted by Crippen LogP contribution is -2.53. The van der Waals surface area contributed by atoms with E-state index in [1.807, 2.05) is 24.3 Å². The molecule has 2 aromatic carbocycles. The molecule has 188 valence electrons. The van der Waals surface area contributed by atoms with Crippen LogP contribution in [-0.2, 0) is 9.59 Å². The number of hydrogen-bond donors (Lipinski definition) is 2. The topological polar surface area (TPSA) is 95.0 Å². The molecule has 2 bridgehead atoms. The molecule has 2 N–H and O–H groups in total. The standard InChI is InChI=1S/C27H30N4O4S/c1-16(32)30(15-26(33)34)20-10-18-6-7-19(11-20)31(18)14-17-13-28-24-12-21(8-9-22(17)24)35-27-29-23-4-2-3-5-25(23)36-27/h2-5,8-9,12,17-20,28H,6-7,10-11,13-15H2,1H3,(H,33,34)/t17?,18-,19+,20+. The van der Waals surface area contributed by atoms with Gasteiger partial charge >= 0.3 is 5.97 Å². The lowest BCUT2D eigenvalue weighted by atomic mass is 9.93. The van der Waals surface area contributed by atoms with Crippen LogP contribution in [0.15, 0.2) is 42.5 Å². The molecule has 1 aromatic heterocycles. The number of thiazole rings is 1. The number of fused-ring (bicyclic) bond motifs is 4. The zero-order chi connectivity index (χ0) is 24.8. The fourth-order valence-electron chi connectivity index (χ4n) is 6.31. The van der Waals surface area contributed by atoms with Crippen molar-refractivity contribution in [3.8, 4) is 10.9 Å². The number of carboxylic acids is 1. The number of amides is 1. The molecule has 9 heteroatoms. The van der Waals surface area contributed by atoms with Crippen LogP contribution in [0.2, 0.25) is 0 Å². The summed E-state index contributed by atoms with van der Waals surface area (Å²) >= 11 is 1.55. The lowest BCUT2D eigenvalue weighted by molar-refractivity contribution is -0.146. The number of nitrogens with one attached hydrogen (secondary N) is 1. The number of ether oxygens (including phenoxy) is 1. The second kappa shape index (κ2) is 9.37. The van der Waals surface area contributed by atoms with E-state index in [9.17, 15) is 14.7 Å². The van der Waals surface area contributed by atoms with E-state index in [1.54, 1.807) is 16.2 Å². The van der Waals surface area contributed by atoms with Gasteiger partial charge in [-0.3, -0.25) is 14.5 Å². The maximum Gasteiger partial charge on any atom is 0.323 e. The molecule has 0 radical (unpaired) electrons. The predicted octanol–water partition coefficient (Wildman–Crippen LogP) is 4.53. The first kappa shape index (κ1) is 23.2. The molecule has 8 nitrogen and oxygen atoms in total. The molecular formula is C27H30N4O4S. The van der Waals surface area contributed by atoms with E-state index in [0.717, 1.165) is 60.4 Å². The number of carboxylic acid groups (broad SMARTS) is 1. The van der Waals surface area contributed by atoms with Crippen LogP contribution < -0.4 is 10.1 Å². The van der Waals surface area contributed by atoms with Gasteiger partial charge in [0.2, 0.25) is 5.91 Å². The van der Waals surface area contributed by atoms with Crippen LogP contribution in [0.4, 0.5) is 5.69 Å². The summed E-state index contributed by atoms with van der Waals surface area (Å²) in [6.07, 6.45) is 3.93. The predicted molar refractivity (Wildman–Crippen MR) is 139 cm³/mol. The van der Waals surface area contributed by atoms with Crippen LogP contribution >= 0.6 is 11.3 Å². The number of nitrogens with zero attached hydrogens (tertiary/aromatic N) is 3. The molecule has 1 unspecified atom stereocenters. The highest BCUT2D eigenvalue weighted by Crippen LogP contribution is 2.42. The van der Waals surface area contributed by atoms with Crippen molar-refractivity contribution >= 4 is 39.1 Å². The van der Waals surface area contributed by atoms with Crippen molar-refractivity contribution in [2.45, 2.75) is 56.7 Å². The lowest BCUT2D eigenvalue weighted by Gasteiger charge is -2.43. The first-order valence-electron chi connectivity index (χ1n) is 12.6. The normalized spacial score (nSPS) is 24.9. The molecular weight excluding hydrogens is 476 g/mol. The average Bonchev–Trinajstić information content (AvgIpc) is 3.50. The van der Waals surface area contributed by atoms with Crippen LogP contribution in [0.25, 0.3) is 10.2 Å². The molecule has 2 fully saturated rings. The van der Waals surface area contributed by atoms with E-state index in [4.69, 9.17) is 4.74 Å². The Hall–Kier alpha value is -3.17. The van der Waals surface area contributed by atoms with Crippen LogP contribution in [0, 0.1) is 0 Å². The summed E-state index contributed by atoms with van der Waals surface area (Å²) in [5, 5.41) is 13.5. The van der Waals surface area contributed by atoms with Gasteiger partial charge < -0.3 is 20.1 Å². The van der Waals surface area contributed by atoms with Crippen molar-refractivity contribution in [2.75, 3.05) is 25.0 Å². The Morgan fingerprint density at radius 1 is 1.19 bits per heavy atom. The van der Waals surface area contributed by atoms with Crippen LogP contribution in [-0.4, -0.2) is 69.5 Å². The van der Waals surface area contributed by atoms with E-state index in [1.165, 1.54) is 12.5 Å². The quantitative estimate of drug-likeness (QED) is 0.486. The number of para-hydroxylation sites is 1.